The van der Waals surface area contributed by atoms with Crippen LogP contribution in [0.4, 0.5) is 0 Å². The van der Waals surface area contributed by atoms with Gasteiger partial charge in [-0.3, -0.25) is 14.9 Å². The molecule has 18 heavy (non-hydrogen) atoms. The van der Waals surface area contributed by atoms with E-state index in [1.807, 2.05) is 5.32 Å². The number of hydrogen-bond acceptors (Lipinski definition) is 7. The predicted molar refractivity (Wildman–Crippen MR) is 58.9 cm³/mol. The van der Waals surface area contributed by atoms with E-state index in [1.54, 1.807) is 0 Å². The number of nitrogens with one attached hydrogen (secondary N) is 1. The standard InChI is InChI=1S/C10H16N2O6/c1-12(3-2-7(15)11-5-14)10-9(17)8(16)6(4-13)18-10/h2-3,5-6,8-10,13,16-17H,4H2,1H3,(H,11,14,15)/b3-2-. The van der Waals surface area contributed by atoms with Crippen molar-refractivity contribution in [3.8, 4) is 0 Å². The largest absolute Gasteiger partial charge is 0.394 e. The average Bonchev–Trinajstić information content (AvgIpc) is 2.63. The molecule has 2 amide bonds. The summed E-state index contributed by atoms with van der Waals surface area (Å²) in [5.41, 5.74) is 0. The summed E-state index contributed by atoms with van der Waals surface area (Å²) in [6, 6.07) is 0. The summed E-state index contributed by atoms with van der Waals surface area (Å²) < 4.78 is 5.21. The van der Waals surface area contributed by atoms with Crippen LogP contribution < -0.4 is 5.32 Å². The molecule has 4 unspecified atom stereocenters. The Labute approximate surface area is 103 Å². The molecule has 1 fully saturated rings. The van der Waals surface area contributed by atoms with Crippen LogP contribution in [0.5, 0.6) is 0 Å². The number of carbonyl (C=O) groups is 2. The van der Waals surface area contributed by atoms with Gasteiger partial charge in [-0.1, -0.05) is 0 Å². The highest BCUT2D eigenvalue weighted by Gasteiger charge is 2.43. The van der Waals surface area contributed by atoms with Gasteiger partial charge in [0.1, 0.15) is 18.3 Å². The lowest BCUT2D eigenvalue weighted by Crippen LogP contribution is -2.39. The fourth-order valence-electron chi connectivity index (χ4n) is 1.59. The van der Waals surface area contributed by atoms with Crippen molar-refractivity contribution in [3.63, 3.8) is 0 Å². The second kappa shape index (κ2) is 6.45. The Kier molecular flexibility index (Phi) is 5.23. The topological polar surface area (TPSA) is 119 Å². The maximum Gasteiger partial charge on any atom is 0.251 e. The third kappa shape index (κ3) is 3.26. The minimum absolute atomic E-state index is 0.249. The third-order valence-corrected chi connectivity index (χ3v) is 2.58. The number of nitrogens with zero attached hydrogens (tertiary/aromatic N) is 1. The maximum atomic E-state index is 11.0. The van der Waals surface area contributed by atoms with Gasteiger partial charge in [0.25, 0.3) is 5.91 Å². The van der Waals surface area contributed by atoms with Crippen molar-refractivity contribution in [1.82, 2.24) is 10.2 Å². The number of rotatable bonds is 5. The van der Waals surface area contributed by atoms with Crippen molar-refractivity contribution >= 4 is 12.3 Å². The van der Waals surface area contributed by atoms with Crippen molar-refractivity contribution in [2.75, 3.05) is 13.7 Å². The smallest absolute Gasteiger partial charge is 0.251 e. The van der Waals surface area contributed by atoms with Gasteiger partial charge in [-0.2, -0.15) is 0 Å². The first-order valence-corrected chi connectivity index (χ1v) is 5.28. The van der Waals surface area contributed by atoms with Crippen LogP contribution >= 0.6 is 0 Å². The number of likely N-dealkylation sites (N-methyl/N-ethyl adjacent to an activating group) is 1. The van der Waals surface area contributed by atoms with Crippen LogP contribution in [0.25, 0.3) is 0 Å². The Bertz CT molecular complexity index is 334. The highest BCUT2D eigenvalue weighted by atomic mass is 16.6. The molecule has 0 saturated carbocycles. The minimum atomic E-state index is -1.20. The van der Waals surface area contributed by atoms with E-state index in [2.05, 4.69) is 0 Å². The first-order valence-electron chi connectivity index (χ1n) is 5.28. The lowest BCUT2D eigenvalue weighted by molar-refractivity contribution is -0.121. The molecule has 0 aliphatic carbocycles. The number of imide groups is 1. The zero-order valence-electron chi connectivity index (χ0n) is 9.76. The predicted octanol–water partition coefficient (Wildman–Crippen LogP) is -2.86. The summed E-state index contributed by atoms with van der Waals surface area (Å²) in [6.07, 6.45) is -1.53. The van der Waals surface area contributed by atoms with Crippen molar-refractivity contribution in [2.45, 2.75) is 24.5 Å². The van der Waals surface area contributed by atoms with Gasteiger partial charge in [0.15, 0.2) is 6.23 Å². The fraction of sp³-hybridized carbons (Fsp3) is 0.600. The Morgan fingerprint density at radius 1 is 1.44 bits per heavy atom. The molecular formula is C10H16N2O6. The van der Waals surface area contributed by atoms with Crippen LogP contribution in [-0.4, -0.2) is 70.7 Å². The van der Waals surface area contributed by atoms with Crippen LogP contribution in [0.3, 0.4) is 0 Å². The van der Waals surface area contributed by atoms with E-state index >= 15 is 0 Å². The third-order valence-electron chi connectivity index (χ3n) is 2.58. The van der Waals surface area contributed by atoms with E-state index < -0.39 is 37.1 Å². The summed E-state index contributed by atoms with van der Waals surface area (Å²) in [4.78, 5) is 22.3. The highest BCUT2D eigenvalue weighted by Crippen LogP contribution is 2.23. The van der Waals surface area contributed by atoms with Gasteiger partial charge in [0.05, 0.1) is 6.61 Å². The summed E-state index contributed by atoms with van der Waals surface area (Å²) in [5, 5.41) is 30.0. The van der Waals surface area contributed by atoms with Crippen molar-refractivity contribution in [3.05, 3.63) is 12.3 Å². The second-order valence-electron chi connectivity index (χ2n) is 3.84. The second-order valence-corrected chi connectivity index (χ2v) is 3.84. The van der Waals surface area contributed by atoms with E-state index in [4.69, 9.17) is 9.84 Å². The molecule has 8 nitrogen and oxygen atoms in total. The molecular weight excluding hydrogens is 244 g/mol. The Balaban J connectivity index is 2.59. The molecule has 4 atom stereocenters. The van der Waals surface area contributed by atoms with E-state index in [1.165, 1.54) is 18.1 Å². The zero-order chi connectivity index (χ0) is 13.7. The molecule has 102 valence electrons. The van der Waals surface area contributed by atoms with Gasteiger partial charge in [0, 0.05) is 19.3 Å². The Hall–Kier alpha value is -1.48. The lowest BCUT2D eigenvalue weighted by Gasteiger charge is -2.24. The van der Waals surface area contributed by atoms with Crippen molar-refractivity contribution in [1.29, 1.82) is 0 Å². The van der Waals surface area contributed by atoms with Gasteiger partial charge in [-0.25, -0.2) is 0 Å². The van der Waals surface area contributed by atoms with Gasteiger partial charge >= 0.3 is 0 Å². The fourth-order valence-corrected chi connectivity index (χ4v) is 1.59. The summed E-state index contributed by atoms with van der Waals surface area (Å²) in [5.74, 6) is -0.622. The monoisotopic (exact) mass is 260 g/mol. The van der Waals surface area contributed by atoms with Crippen LogP contribution in [0.1, 0.15) is 0 Å². The molecule has 4 N–H and O–H groups in total. The summed E-state index contributed by atoms with van der Waals surface area (Å²) >= 11 is 0. The van der Waals surface area contributed by atoms with Gasteiger partial charge in [0.2, 0.25) is 6.41 Å². The number of aliphatic hydroxyl groups is 3. The highest BCUT2D eigenvalue weighted by molar-refractivity contribution is 5.94. The van der Waals surface area contributed by atoms with Crippen molar-refractivity contribution in [2.24, 2.45) is 0 Å². The SMILES string of the molecule is CN(/C=C\C(=O)NC=O)C1OC(CO)C(O)C1O. The van der Waals surface area contributed by atoms with E-state index in [9.17, 15) is 19.8 Å². The number of carbonyl (C=O) groups excluding carboxylic acids is 2. The Morgan fingerprint density at radius 3 is 2.61 bits per heavy atom. The lowest BCUT2D eigenvalue weighted by atomic mass is 10.1. The van der Waals surface area contributed by atoms with Gasteiger partial charge < -0.3 is 25.0 Å². The molecule has 8 heteroatoms. The van der Waals surface area contributed by atoms with Gasteiger partial charge in [-0.15, -0.1) is 0 Å². The molecule has 1 aliphatic rings. The van der Waals surface area contributed by atoms with Gasteiger partial charge in [-0.05, 0) is 0 Å². The first kappa shape index (κ1) is 14.6. The molecule has 0 aromatic carbocycles. The maximum absolute atomic E-state index is 11.0. The molecule has 1 heterocycles. The molecule has 0 aromatic rings. The first-order chi connectivity index (χ1) is 8.51. The van der Waals surface area contributed by atoms with E-state index in [-0.39, 0.29) is 6.41 Å². The normalized spacial score (nSPS) is 31.6. The van der Waals surface area contributed by atoms with Crippen LogP contribution in [0, 0.1) is 0 Å². The molecule has 0 radical (unpaired) electrons. The summed E-state index contributed by atoms with van der Waals surface area (Å²) in [7, 11) is 1.52. The quantitative estimate of drug-likeness (QED) is 0.310. The molecule has 1 rings (SSSR count). The number of hydrogen-bond donors (Lipinski definition) is 4. The molecule has 0 bridgehead atoms. The number of ether oxygens (including phenoxy) is 1. The Morgan fingerprint density at radius 2 is 2.11 bits per heavy atom. The number of amides is 2. The van der Waals surface area contributed by atoms with E-state index in [0.717, 1.165) is 6.08 Å². The van der Waals surface area contributed by atoms with E-state index in [0.29, 0.717) is 0 Å². The molecule has 0 aromatic heterocycles. The van der Waals surface area contributed by atoms with Crippen LogP contribution in [0.15, 0.2) is 12.3 Å². The molecule has 1 saturated heterocycles. The zero-order valence-corrected chi connectivity index (χ0v) is 9.76. The minimum Gasteiger partial charge on any atom is -0.394 e. The molecule has 1 aliphatic heterocycles. The summed E-state index contributed by atoms with van der Waals surface area (Å²) in [6.45, 7) is -0.419. The van der Waals surface area contributed by atoms with Crippen LogP contribution in [0.2, 0.25) is 0 Å². The average molecular weight is 260 g/mol. The number of aliphatic hydroxyl groups excluding tert-OH is 3. The molecule has 0 spiro atoms. The van der Waals surface area contributed by atoms with Crippen molar-refractivity contribution < 1.29 is 29.6 Å². The van der Waals surface area contributed by atoms with Crippen LogP contribution in [-0.2, 0) is 14.3 Å².